The minimum absolute atomic E-state index is 0.150. The molecule has 0 radical (unpaired) electrons. The lowest BCUT2D eigenvalue weighted by Crippen LogP contribution is -2.38. The molecule has 1 aromatic carbocycles. The van der Waals surface area contributed by atoms with E-state index in [1.165, 1.54) is 24.8 Å². The van der Waals surface area contributed by atoms with Gasteiger partial charge in [-0.3, -0.25) is 4.79 Å². The lowest BCUT2D eigenvalue weighted by Gasteiger charge is -2.31. The van der Waals surface area contributed by atoms with Gasteiger partial charge in [0.2, 0.25) is 0 Å². The number of aromatic nitrogens is 1. The van der Waals surface area contributed by atoms with Gasteiger partial charge in [-0.25, -0.2) is 4.98 Å². The molecule has 1 saturated carbocycles. The van der Waals surface area contributed by atoms with E-state index in [1.54, 1.807) is 23.1 Å². The Bertz CT molecular complexity index is 675. The van der Waals surface area contributed by atoms with Gasteiger partial charge in [0.25, 0.3) is 5.91 Å². The van der Waals surface area contributed by atoms with Crippen LogP contribution in [0.4, 0.5) is 0 Å². The van der Waals surface area contributed by atoms with E-state index < -0.39 is 0 Å². The molecule has 0 bridgehead atoms. The molecular formula is C19H24N2OS2. The van der Waals surface area contributed by atoms with Crippen molar-refractivity contribution < 1.29 is 4.79 Å². The fourth-order valence-corrected chi connectivity index (χ4v) is 4.93. The number of hydrogen-bond acceptors (Lipinski definition) is 4. The summed E-state index contributed by atoms with van der Waals surface area (Å²) < 4.78 is 1.10. The monoisotopic (exact) mass is 360 g/mol. The second-order valence-corrected chi connectivity index (χ2v) is 8.53. The summed E-state index contributed by atoms with van der Waals surface area (Å²) >= 11 is 3.44. The highest BCUT2D eigenvalue weighted by Crippen LogP contribution is 2.26. The van der Waals surface area contributed by atoms with Crippen LogP contribution in [-0.4, -0.2) is 28.9 Å². The number of carbonyl (C=O) groups is 1. The summed E-state index contributed by atoms with van der Waals surface area (Å²) in [6.07, 6.45) is 6.08. The molecule has 1 aliphatic carbocycles. The van der Waals surface area contributed by atoms with Crippen molar-refractivity contribution in [2.45, 2.75) is 55.2 Å². The first-order valence-electron chi connectivity index (χ1n) is 8.54. The highest BCUT2D eigenvalue weighted by Gasteiger charge is 2.22. The topological polar surface area (TPSA) is 33.2 Å². The number of rotatable bonds is 5. The Labute approximate surface area is 152 Å². The first kappa shape index (κ1) is 17.5. The largest absolute Gasteiger partial charge is 0.339 e. The van der Waals surface area contributed by atoms with Gasteiger partial charge in [0, 0.05) is 35.5 Å². The maximum atomic E-state index is 12.6. The standard InChI is InChI=1S/C19H24N2OS2/c1-14-12-23-19(20-14)24-13-15-8-10-16(11-9-15)18(22)21(2)17-6-4-3-5-7-17/h8-12,17H,3-7,13H2,1-2H3. The third-order valence-corrected chi connectivity index (χ3v) is 6.81. The molecule has 2 aromatic rings. The average molecular weight is 361 g/mol. The van der Waals surface area contributed by atoms with Crippen molar-refractivity contribution in [3.63, 3.8) is 0 Å². The van der Waals surface area contributed by atoms with E-state index in [1.807, 2.05) is 31.0 Å². The Balaban J connectivity index is 1.57. The summed E-state index contributed by atoms with van der Waals surface area (Å²) in [6.45, 7) is 2.02. The van der Waals surface area contributed by atoms with Gasteiger partial charge < -0.3 is 4.90 Å². The predicted octanol–water partition coefficient (Wildman–Crippen LogP) is 5.15. The SMILES string of the molecule is Cc1csc(SCc2ccc(C(=O)N(C)C3CCCCC3)cc2)n1. The van der Waals surface area contributed by atoms with Gasteiger partial charge in [0.05, 0.1) is 0 Å². The van der Waals surface area contributed by atoms with Gasteiger partial charge in [-0.2, -0.15) is 0 Å². The van der Waals surface area contributed by atoms with Gasteiger partial charge in [-0.15, -0.1) is 11.3 Å². The molecular weight excluding hydrogens is 336 g/mol. The second kappa shape index (κ2) is 8.17. The van der Waals surface area contributed by atoms with Crippen LogP contribution in [-0.2, 0) is 5.75 Å². The van der Waals surface area contributed by atoms with E-state index in [9.17, 15) is 4.79 Å². The molecule has 128 valence electrons. The van der Waals surface area contributed by atoms with Gasteiger partial charge in [0.1, 0.15) is 4.34 Å². The molecule has 1 aromatic heterocycles. The van der Waals surface area contributed by atoms with Crippen molar-refractivity contribution in [2.75, 3.05) is 7.05 Å². The van der Waals surface area contributed by atoms with Crippen molar-refractivity contribution in [1.82, 2.24) is 9.88 Å². The maximum Gasteiger partial charge on any atom is 0.253 e. The normalized spacial score (nSPS) is 15.4. The minimum atomic E-state index is 0.150. The minimum Gasteiger partial charge on any atom is -0.339 e. The van der Waals surface area contributed by atoms with Crippen LogP contribution in [0.1, 0.15) is 53.7 Å². The zero-order valence-corrected chi connectivity index (χ0v) is 16.0. The molecule has 1 fully saturated rings. The van der Waals surface area contributed by atoms with Gasteiger partial charge in [-0.05, 0) is 37.5 Å². The summed E-state index contributed by atoms with van der Waals surface area (Å²) in [5.74, 6) is 1.04. The zero-order chi connectivity index (χ0) is 16.9. The fourth-order valence-electron chi connectivity index (χ4n) is 3.13. The number of amides is 1. The van der Waals surface area contributed by atoms with Gasteiger partial charge >= 0.3 is 0 Å². The molecule has 0 spiro atoms. The molecule has 0 atom stereocenters. The van der Waals surface area contributed by atoms with E-state index in [-0.39, 0.29) is 5.91 Å². The summed E-state index contributed by atoms with van der Waals surface area (Å²) in [4.78, 5) is 19.1. The smallest absolute Gasteiger partial charge is 0.253 e. The Morgan fingerprint density at radius 1 is 1.25 bits per heavy atom. The second-order valence-electron chi connectivity index (χ2n) is 6.45. The number of nitrogens with zero attached hydrogens (tertiary/aromatic N) is 2. The van der Waals surface area contributed by atoms with Gasteiger partial charge in [0.15, 0.2) is 0 Å². The van der Waals surface area contributed by atoms with E-state index >= 15 is 0 Å². The Morgan fingerprint density at radius 2 is 1.96 bits per heavy atom. The number of carbonyl (C=O) groups excluding carboxylic acids is 1. The van der Waals surface area contributed by atoms with Crippen LogP contribution in [0.25, 0.3) is 0 Å². The molecule has 3 rings (SSSR count). The van der Waals surface area contributed by atoms with Gasteiger partial charge in [-0.1, -0.05) is 43.2 Å². The van der Waals surface area contributed by atoms with Crippen molar-refractivity contribution in [3.05, 3.63) is 46.5 Å². The van der Waals surface area contributed by atoms with Crippen LogP contribution in [0.3, 0.4) is 0 Å². The molecule has 1 aliphatic rings. The number of aryl methyl sites for hydroxylation is 1. The predicted molar refractivity (Wildman–Crippen MR) is 102 cm³/mol. The lowest BCUT2D eigenvalue weighted by molar-refractivity contribution is 0.0696. The Kier molecular flexibility index (Phi) is 5.95. The molecule has 0 saturated heterocycles. The molecule has 5 heteroatoms. The van der Waals surface area contributed by atoms with Crippen LogP contribution in [0.15, 0.2) is 34.0 Å². The van der Waals surface area contributed by atoms with Crippen LogP contribution in [0.2, 0.25) is 0 Å². The zero-order valence-electron chi connectivity index (χ0n) is 14.3. The van der Waals surface area contributed by atoms with Crippen LogP contribution >= 0.6 is 23.1 Å². The molecule has 3 nitrogen and oxygen atoms in total. The van der Waals surface area contributed by atoms with Crippen LogP contribution < -0.4 is 0 Å². The lowest BCUT2D eigenvalue weighted by atomic mass is 9.94. The highest BCUT2D eigenvalue weighted by molar-refractivity contribution is 8.00. The van der Waals surface area contributed by atoms with Crippen LogP contribution in [0, 0.1) is 6.92 Å². The quantitative estimate of drug-likeness (QED) is 0.692. The van der Waals surface area contributed by atoms with E-state index in [0.29, 0.717) is 6.04 Å². The Morgan fingerprint density at radius 3 is 2.58 bits per heavy atom. The summed E-state index contributed by atoms with van der Waals surface area (Å²) in [6, 6.07) is 8.47. The highest BCUT2D eigenvalue weighted by atomic mass is 32.2. The first-order chi connectivity index (χ1) is 11.6. The molecule has 0 N–H and O–H groups in total. The van der Waals surface area contributed by atoms with Crippen molar-refractivity contribution in [3.8, 4) is 0 Å². The third-order valence-electron chi connectivity index (χ3n) is 4.60. The van der Waals surface area contributed by atoms with Crippen molar-refractivity contribution in [2.24, 2.45) is 0 Å². The summed E-state index contributed by atoms with van der Waals surface area (Å²) in [5.41, 5.74) is 3.10. The van der Waals surface area contributed by atoms with Crippen molar-refractivity contribution in [1.29, 1.82) is 0 Å². The van der Waals surface area contributed by atoms with E-state index in [4.69, 9.17) is 0 Å². The van der Waals surface area contributed by atoms with E-state index in [0.717, 1.165) is 34.2 Å². The molecule has 1 amide bonds. The van der Waals surface area contributed by atoms with E-state index in [2.05, 4.69) is 22.5 Å². The Hall–Kier alpha value is -1.33. The number of hydrogen-bond donors (Lipinski definition) is 0. The number of thioether (sulfide) groups is 1. The van der Waals surface area contributed by atoms with Crippen LogP contribution in [0.5, 0.6) is 0 Å². The number of benzene rings is 1. The summed E-state index contributed by atoms with van der Waals surface area (Å²) in [5, 5.41) is 2.07. The molecule has 1 heterocycles. The molecule has 0 unspecified atom stereocenters. The van der Waals surface area contributed by atoms with Crippen molar-refractivity contribution >= 4 is 29.0 Å². The molecule has 24 heavy (non-hydrogen) atoms. The summed E-state index contributed by atoms with van der Waals surface area (Å²) in [7, 11) is 1.95. The number of thiazole rings is 1. The third kappa shape index (κ3) is 4.39. The fraction of sp³-hybridized carbons (Fsp3) is 0.474. The maximum absolute atomic E-state index is 12.6. The first-order valence-corrected chi connectivity index (χ1v) is 10.4. The molecule has 0 aliphatic heterocycles. The average Bonchev–Trinajstić information content (AvgIpc) is 3.05.